The third-order valence-corrected chi connectivity index (χ3v) is 0.768. The third kappa shape index (κ3) is 7.19. The number of methoxy groups -OCH3 is 1. The van der Waals surface area contributed by atoms with E-state index in [2.05, 4.69) is 4.84 Å². The quantitative estimate of drug-likeness (QED) is 0.412. The molecule has 0 saturated carbocycles. The lowest BCUT2D eigenvalue weighted by molar-refractivity contribution is 0.0494. The molecule has 0 aliphatic heterocycles. The molecule has 5 heteroatoms. The highest BCUT2D eigenvalue weighted by Crippen LogP contribution is 1.79. The Balaban J connectivity index is 2.84. The topological polar surface area (TPSA) is 73.6 Å². The molecule has 0 heterocycles. The predicted octanol–water partition coefficient (Wildman–Crippen LogP) is -0.377. The number of carbonyl (C=O) groups is 1. The Morgan fingerprint density at radius 3 is 2.80 bits per heavy atom. The van der Waals surface area contributed by atoms with Gasteiger partial charge in [-0.25, -0.2) is 10.3 Å². The fraction of sp³-hybridized carbons (Fsp3) is 0.800. The van der Waals surface area contributed by atoms with Crippen LogP contribution >= 0.6 is 0 Å². The van der Waals surface area contributed by atoms with Gasteiger partial charge in [-0.3, -0.25) is 4.84 Å². The number of amides is 2. The van der Waals surface area contributed by atoms with Crippen LogP contribution in [-0.4, -0.2) is 26.4 Å². The average Bonchev–Trinajstić information content (AvgIpc) is 1.87. The number of carbonyl (C=O) groups excluding carboxylic acids is 1. The summed E-state index contributed by atoms with van der Waals surface area (Å²) in [6.07, 6.45) is 0.733. The van der Waals surface area contributed by atoms with Crippen molar-refractivity contribution in [3.05, 3.63) is 0 Å². The first-order valence-electron chi connectivity index (χ1n) is 2.93. The Labute approximate surface area is 59.4 Å². The maximum absolute atomic E-state index is 9.99. The second kappa shape index (κ2) is 6.31. The fourth-order valence-corrected chi connectivity index (χ4v) is 0.398. The van der Waals surface area contributed by atoms with E-state index in [1.54, 1.807) is 7.11 Å². The van der Waals surface area contributed by atoms with Crippen molar-refractivity contribution in [2.24, 2.45) is 5.73 Å². The maximum atomic E-state index is 9.99. The number of primary amides is 1. The summed E-state index contributed by atoms with van der Waals surface area (Å²) in [6, 6.07) is -0.683. The summed E-state index contributed by atoms with van der Waals surface area (Å²) < 4.78 is 4.72. The van der Waals surface area contributed by atoms with E-state index in [4.69, 9.17) is 10.5 Å². The number of ether oxygens (including phenoxy) is 1. The highest BCUT2D eigenvalue weighted by molar-refractivity contribution is 5.70. The van der Waals surface area contributed by atoms with Crippen molar-refractivity contribution in [1.82, 2.24) is 5.48 Å². The number of rotatable bonds is 5. The lowest BCUT2D eigenvalue weighted by Crippen LogP contribution is -2.29. The lowest BCUT2D eigenvalue weighted by Gasteiger charge is -2.00. The highest BCUT2D eigenvalue weighted by Gasteiger charge is 1.89. The normalized spacial score (nSPS) is 9.30. The largest absolute Gasteiger partial charge is 0.385 e. The van der Waals surface area contributed by atoms with E-state index in [0.717, 1.165) is 6.42 Å². The Bertz CT molecular complexity index is 96.9. The lowest BCUT2D eigenvalue weighted by atomic mass is 10.5. The van der Waals surface area contributed by atoms with Crippen LogP contribution in [0.5, 0.6) is 0 Å². The third-order valence-electron chi connectivity index (χ3n) is 0.768. The second-order valence-corrected chi connectivity index (χ2v) is 1.66. The number of urea groups is 1. The van der Waals surface area contributed by atoms with Crippen LogP contribution in [0, 0.1) is 0 Å². The number of nitrogens with two attached hydrogens (primary N) is 1. The molecule has 0 aromatic rings. The summed E-state index contributed by atoms with van der Waals surface area (Å²) in [5.41, 5.74) is 6.69. The van der Waals surface area contributed by atoms with Gasteiger partial charge < -0.3 is 10.5 Å². The molecule has 0 spiro atoms. The summed E-state index contributed by atoms with van der Waals surface area (Å²) in [4.78, 5) is 14.6. The number of hydrogen-bond acceptors (Lipinski definition) is 3. The van der Waals surface area contributed by atoms with Gasteiger partial charge in [0.05, 0.1) is 6.61 Å². The molecule has 5 nitrogen and oxygen atoms in total. The van der Waals surface area contributed by atoms with Crippen molar-refractivity contribution < 1.29 is 14.4 Å². The Morgan fingerprint density at radius 1 is 1.60 bits per heavy atom. The van der Waals surface area contributed by atoms with Gasteiger partial charge in [-0.2, -0.15) is 0 Å². The van der Waals surface area contributed by atoms with Crippen LogP contribution in [-0.2, 0) is 9.57 Å². The van der Waals surface area contributed by atoms with Gasteiger partial charge in [-0.15, -0.1) is 0 Å². The van der Waals surface area contributed by atoms with Gasteiger partial charge in [0, 0.05) is 13.7 Å². The zero-order valence-electron chi connectivity index (χ0n) is 5.92. The zero-order chi connectivity index (χ0) is 7.82. The van der Waals surface area contributed by atoms with E-state index >= 15 is 0 Å². The van der Waals surface area contributed by atoms with Crippen LogP contribution in [0.15, 0.2) is 0 Å². The van der Waals surface area contributed by atoms with E-state index in [1.165, 1.54) is 0 Å². The SMILES string of the molecule is COCCCONC(N)=O. The van der Waals surface area contributed by atoms with Crippen molar-refractivity contribution >= 4 is 6.03 Å². The zero-order valence-corrected chi connectivity index (χ0v) is 5.92. The molecule has 10 heavy (non-hydrogen) atoms. The minimum absolute atomic E-state index is 0.413. The molecular weight excluding hydrogens is 136 g/mol. The van der Waals surface area contributed by atoms with Crippen molar-refractivity contribution in [1.29, 1.82) is 0 Å². The second-order valence-electron chi connectivity index (χ2n) is 1.66. The molecule has 0 fully saturated rings. The molecule has 0 aliphatic rings. The van der Waals surface area contributed by atoms with Crippen LogP contribution in [0.25, 0.3) is 0 Å². The van der Waals surface area contributed by atoms with Crippen LogP contribution in [0.2, 0.25) is 0 Å². The van der Waals surface area contributed by atoms with Gasteiger partial charge in [-0.05, 0) is 6.42 Å². The minimum Gasteiger partial charge on any atom is -0.385 e. The summed E-state index contributed by atoms with van der Waals surface area (Å²) in [5, 5.41) is 0. The van der Waals surface area contributed by atoms with Crippen molar-refractivity contribution in [3.63, 3.8) is 0 Å². The van der Waals surface area contributed by atoms with Crippen LogP contribution in [0.3, 0.4) is 0 Å². The number of hydrogen-bond donors (Lipinski definition) is 2. The smallest absolute Gasteiger partial charge is 0.336 e. The summed E-state index contributed by atoms with van der Waals surface area (Å²) in [6.45, 7) is 1.03. The minimum atomic E-state index is -0.683. The molecule has 60 valence electrons. The first-order chi connectivity index (χ1) is 4.77. The van der Waals surface area contributed by atoms with Crippen molar-refractivity contribution in [3.8, 4) is 0 Å². The summed E-state index contributed by atoms with van der Waals surface area (Å²) in [5.74, 6) is 0. The van der Waals surface area contributed by atoms with Gasteiger partial charge >= 0.3 is 6.03 Å². The molecule has 0 atom stereocenters. The number of nitrogens with one attached hydrogen (secondary N) is 1. The van der Waals surface area contributed by atoms with E-state index in [9.17, 15) is 4.79 Å². The summed E-state index contributed by atoms with van der Waals surface area (Å²) >= 11 is 0. The average molecular weight is 148 g/mol. The highest BCUT2D eigenvalue weighted by atomic mass is 16.7. The van der Waals surface area contributed by atoms with E-state index < -0.39 is 6.03 Å². The van der Waals surface area contributed by atoms with Crippen LogP contribution < -0.4 is 11.2 Å². The maximum Gasteiger partial charge on any atom is 0.336 e. The van der Waals surface area contributed by atoms with Crippen LogP contribution in [0.4, 0.5) is 4.79 Å². The molecule has 0 aliphatic carbocycles. The first kappa shape index (κ1) is 9.19. The predicted molar refractivity (Wildman–Crippen MR) is 35.2 cm³/mol. The number of hydroxylamine groups is 1. The molecule has 0 saturated heterocycles. The fourth-order valence-electron chi connectivity index (χ4n) is 0.398. The molecule has 0 rings (SSSR count). The van der Waals surface area contributed by atoms with E-state index in [1.807, 2.05) is 5.48 Å². The van der Waals surface area contributed by atoms with Gasteiger partial charge in [-0.1, -0.05) is 0 Å². The standard InChI is InChI=1S/C5H12N2O3/c1-9-3-2-4-10-7-5(6)8/h2-4H2,1H3,(H3,6,7,8). The first-order valence-corrected chi connectivity index (χ1v) is 2.93. The Kier molecular flexibility index (Phi) is 5.80. The molecule has 3 N–H and O–H groups in total. The van der Waals surface area contributed by atoms with Crippen LogP contribution in [0.1, 0.15) is 6.42 Å². The Hall–Kier alpha value is -0.810. The van der Waals surface area contributed by atoms with E-state index in [-0.39, 0.29) is 0 Å². The van der Waals surface area contributed by atoms with Crippen molar-refractivity contribution in [2.45, 2.75) is 6.42 Å². The van der Waals surface area contributed by atoms with Gasteiger partial charge in [0.2, 0.25) is 0 Å². The van der Waals surface area contributed by atoms with Gasteiger partial charge in [0.1, 0.15) is 0 Å². The molecule has 0 aromatic heterocycles. The van der Waals surface area contributed by atoms with Gasteiger partial charge in [0.25, 0.3) is 0 Å². The molecule has 0 unspecified atom stereocenters. The molecule has 2 amide bonds. The van der Waals surface area contributed by atoms with Gasteiger partial charge in [0.15, 0.2) is 0 Å². The molecule has 0 aromatic carbocycles. The molecular formula is C5H12N2O3. The molecule has 0 radical (unpaired) electrons. The molecule has 0 bridgehead atoms. The summed E-state index contributed by atoms with van der Waals surface area (Å²) in [7, 11) is 1.60. The van der Waals surface area contributed by atoms with Crippen molar-refractivity contribution in [2.75, 3.05) is 20.3 Å². The monoisotopic (exact) mass is 148 g/mol. The Morgan fingerprint density at radius 2 is 2.30 bits per heavy atom. The van der Waals surface area contributed by atoms with E-state index in [0.29, 0.717) is 13.2 Å².